The molecule has 0 atom stereocenters. The third kappa shape index (κ3) is 2.66. The van der Waals surface area contributed by atoms with Crippen molar-refractivity contribution in [2.24, 2.45) is 0 Å². The average molecular weight is 307 g/mol. The second kappa shape index (κ2) is 5.16. The molecule has 1 fully saturated rings. The van der Waals surface area contributed by atoms with Crippen LogP contribution in [0.1, 0.15) is 12.8 Å². The number of carboxylic acids is 1. The molecule has 0 saturated carbocycles. The van der Waals surface area contributed by atoms with Gasteiger partial charge in [-0.1, -0.05) is 11.6 Å². The number of piperidine rings is 1. The van der Waals surface area contributed by atoms with Crippen molar-refractivity contribution in [3.05, 3.63) is 35.4 Å². The Hall–Kier alpha value is -1.85. The topological polar surface area (TPSA) is 73.7 Å². The molecular weight excluding hydrogens is 292 g/mol. The molecule has 3 rings (SSSR count). The molecule has 1 aromatic heterocycles. The Bertz CT molecular complexity index is 696. The third-order valence-corrected chi connectivity index (χ3v) is 4.18. The number of pyridine rings is 1. The number of hydrogen-bond donors (Lipinski definition) is 2. The van der Waals surface area contributed by atoms with Crippen molar-refractivity contribution in [1.82, 2.24) is 4.98 Å². The molecule has 21 heavy (non-hydrogen) atoms. The van der Waals surface area contributed by atoms with Crippen LogP contribution in [-0.2, 0) is 4.79 Å². The predicted octanol–water partition coefficient (Wildman–Crippen LogP) is 2.30. The van der Waals surface area contributed by atoms with Gasteiger partial charge in [-0.3, -0.25) is 0 Å². The van der Waals surface area contributed by atoms with Crippen molar-refractivity contribution in [1.29, 1.82) is 0 Å². The lowest BCUT2D eigenvalue weighted by Crippen LogP contribution is -2.49. The normalized spacial score (nSPS) is 17.9. The molecule has 0 radical (unpaired) electrons. The molecule has 1 aromatic carbocycles. The Balaban J connectivity index is 1.82. The van der Waals surface area contributed by atoms with E-state index in [1.165, 1.54) is 0 Å². The number of rotatable bonds is 2. The summed E-state index contributed by atoms with van der Waals surface area (Å²) in [6, 6.07) is 9.34. The SMILES string of the molecule is O=C(O)C1(O)CCN(c2ccc3cc(Cl)ccc3n2)CC1. The van der Waals surface area contributed by atoms with Gasteiger partial charge in [-0.2, -0.15) is 0 Å². The highest BCUT2D eigenvalue weighted by Gasteiger charge is 2.39. The first-order valence-electron chi connectivity index (χ1n) is 6.75. The number of aliphatic hydroxyl groups is 1. The number of aliphatic carboxylic acids is 1. The molecule has 0 amide bonds. The number of aromatic nitrogens is 1. The molecule has 1 saturated heterocycles. The zero-order valence-corrected chi connectivity index (χ0v) is 12.0. The van der Waals surface area contributed by atoms with Crippen molar-refractivity contribution >= 4 is 34.3 Å². The highest BCUT2D eigenvalue weighted by Crippen LogP contribution is 2.27. The van der Waals surface area contributed by atoms with Gasteiger partial charge in [0.2, 0.25) is 0 Å². The Morgan fingerprint density at radius 1 is 1.24 bits per heavy atom. The summed E-state index contributed by atoms with van der Waals surface area (Å²) in [5, 5.41) is 20.6. The molecule has 5 nitrogen and oxygen atoms in total. The molecule has 0 unspecified atom stereocenters. The van der Waals surface area contributed by atoms with Crippen LogP contribution in [0.15, 0.2) is 30.3 Å². The first kappa shape index (κ1) is 14.1. The van der Waals surface area contributed by atoms with Gasteiger partial charge in [0.05, 0.1) is 5.52 Å². The lowest BCUT2D eigenvalue weighted by Gasteiger charge is -2.36. The lowest BCUT2D eigenvalue weighted by molar-refractivity contribution is -0.160. The van der Waals surface area contributed by atoms with Crippen LogP contribution in [0.4, 0.5) is 5.82 Å². The zero-order valence-electron chi connectivity index (χ0n) is 11.3. The van der Waals surface area contributed by atoms with E-state index in [1.54, 1.807) is 6.07 Å². The predicted molar refractivity (Wildman–Crippen MR) is 80.8 cm³/mol. The van der Waals surface area contributed by atoms with Gasteiger partial charge in [-0.25, -0.2) is 9.78 Å². The van der Waals surface area contributed by atoms with E-state index in [2.05, 4.69) is 4.98 Å². The monoisotopic (exact) mass is 306 g/mol. The minimum absolute atomic E-state index is 0.197. The Labute approximate surface area is 126 Å². The molecule has 110 valence electrons. The smallest absolute Gasteiger partial charge is 0.335 e. The molecule has 2 N–H and O–H groups in total. The summed E-state index contributed by atoms with van der Waals surface area (Å²) in [5.74, 6) is -0.361. The quantitative estimate of drug-likeness (QED) is 0.890. The number of carbonyl (C=O) groups is 1. The molecule has 0 spiro atoms. The standard InChI is InChI=1S/C15H15ClN2O3/c16-11-2-3-12-10(9-11)1-4-13(17-12)18-7-5-15(21,6-8-18)14(19)20/h1-4,9,21H,5-8H2,(H,19,20). The minimum Gasteiger partial charge on any atom is -0.479 e. The molecule has 1 aliphatic heterocycles. The van der Waals surface area contributed by atoms with Crippen molar-refractivity contribution in [2.75, 3.05) is 18.0 Å². The second-order valence-electron chi connectivity index (χ2n) is 5.33. The van der Waals surface area contributed by atoms with Crippen LogP contribution in [-0.4, -0.2) is 39.9 Å². The van der Waals surface area contributed by atoms with E-state index in [9.17, 15) is 9.90 Å². The van der Waals surface area contributed by atoms with Crippen molar-refractivity contribution < 1.29 is 15.0 Å². The van der Waals surface area contributed by atoms with Gasteiger partial charge in [-0.05, 0) is 30.3 Å². The average Bonchev–Trinajstić information content (AvgIpc) is 2.47. The maximum Gasteiger partial charge on any atom is 0.335 e. The van der Waals surface area contributed by atoms with Gasteiger partial charge in [0, 0.05) is 36.3 Å². The van der Waals surface area contributed by atoms with Crippen LogP contribution >= 0.6 is 11.6 Å². The second-order valence-corrected chi connectivity index (χ2v) is 5.77. The Kier molecular flexibility index (Phi) is 3.47. The van der Waals surface area contributed by atoms with Crippen LogP contribution in [0.5, 0.6) is 0 Å². The van der Waals surface area contributed by atoms with Crippen molar-refractivity contribution in [3.63, 3.8) is 0 Å². The summed E-state index contributed by atoms with van der Waals surface area (Å²) >= 11 is 5.95. The molecule has 0 bridgehead atoms. The summed E-state index contributed by atoms with van der Waals surface area (Å²) in [5.41, 5.74) is -0.767. The van der Waals surface area contributed by atoms with E-state index in [-0.39, 0.29) is 12.8 Å². The summed E-state index contributed by atoms with van der Waals surface area (Å²) in [4.78, 5) is 17.6. The summed E-state index contributed by atoms with van der Waals surface area (Å²) in [6.07, 6.45) is 0.394. The van der Waals surface area contributed by atoms with Gasteiger partial charge in [-0.15, -0.1) is 0 Å². The van der Waals surface area contributed by atoms with E-state index in [0.29, 0.717) is 18.1 Å². The van der Waals surface area contributed by atoms with Gasteiger partial charge in [0.15, 0.2) is 5.60 Å². The van der Waals surface area contributed by atoms with E-state index in [1.807, 2.05) is 29.2 Å². The van der Waals surface area contributed by atoms with E-state index >= 15 is 0 Å². The maximum absolute atomic E-state index is 11.0. The molecular formula is C15H15ClN2O3. The largest absolute Gasteiger partial charge is 0.479 e. The number of anilines is 1. The fourth-order valence-corrected chi connectivity index (χ4v) is 2.76. The molecule has 0 aliphatic carbocycles. The van der Waals surface area contributed by atoms with Gasteiger partial charge in [0.1, 0.15) is 5.82 Å². The summed E-state index contributed by atoms with van der Waals surface area (Å²) in [6.45, 7) is 0.934. The number of carboxylic acid groups (broad SMARTS) is 1. The first-order valence-corrected chi connectivity index (χ1v) is 7.13. The van der Waals surface area contributed by atoms with Gasteiger partial charge < -0.3 is 15.1 Å². The number of fused-ring (bicyclic) bond motifs is 1. The van der Waals surface area contributed by atoms with E-state index < -0.39 is 11.6 Å². The van der Waals surface area contributed by atoms with E-state index in [0.717, 1.165) is 16.7 Å². The number of hydrogen-bond acceptors (Lipinski definition) is 4. The summed E-state index contributed by atoms with van der Waals surface area (Å²) < 4.78 is 0. The van der Waals surface area contributed by atoms with Gasteiger partial charge >= 0.3 is 5.97 Å². The van der Waals surface area contributed by atoms with Crippen LogP contribution < -0.4 is 4.90 Å². The highest BCUT2D eigenvalue weighted by atomic mass is 35.5. The Morgan fingerprint density at radius 3 is 2.62 bits per heavy atom. The molecule has 2 heterocycles. The minimum atomic E-state index is -1.61. The fourth-order valence-electron chi connectivity index (χ4n) is 2.58. The number of nitrogens with zero attached hydrogens (tertiary/aromatic N) is 2. The molecule has 2 aromatic rings. The number of benzene rings is 1. The van der Waals surface area contributed by atoms with Crippen LogP contribution in [0, 0.1) is 0 Å². The molecule has 6 heteroatoms. The van der Waals surface area contributed by atoms with Crippen LogP contribution in [0.3, 0.4) is 0 Å². The first-order chi connectivity index (χ1) is 9.98. The number of halogens is 1. The van der Waals surface area contributed by atoms with Crippen LogP contribution in [0.25, 0.3) is 10.9 Å². The zero-order chi connectivity index (χ0) is 15.0. The summed E-state index contributed by atoms with van der Waals surface area (Å²) in [7, 11) is 0. The third-order valence-electron chi connectivity index (χ3n) is 3.95. The van der Waals surface area contributed by atoms with Crippen molar-refractivity contribution in [2.45, 2.75) is 18.4 Å². The van der Waals surface area contributed by atoms with Gasteiger partial charge in [0.25, 0.3) is 0 Å². The Morgan fingerprint density at radius 2 is 1.95 bits per heavy atom. The van der Waals surface area contributed by atoms with Crippen LogP contribution in [0.2, 0.25) is 5.02 Å². The molecule has 1 aliphatic rings. The fraction of sp³-hybridized carbons (Fsp3) is 0.333. The van der Waals surface area contributed by atoms with E-state index in [4.69, 9.17) is 16.7 Å². The lowest BCUT2D eigenvalue weighted by atomic mass is 9.91. The van der Waals surface area contributed by atoms with Crippen molar-refractivity contribution in [3.8, 4) is 0 Å². The maximum atomic E-state index is 11.0. The highest BCUT2D eigenvalue weighted by molar-refractivity contribution is 6.31.